The highest BCUT2D eigenvalue weighted by atomic mass is 35.5. The Morgan fingerprint density at radius 1 is 1.25 bits per heavy atom. The molecule has 1 unspecified atom stereocenters. The van der Waals surface area contributed by atoms with Gasteiger partial charge in [-0.2, -0.15) is 0 Å². The quantitative estimate of drug-likeness (QED) is 0.560. The zero-order valence-electron chi connectivity index (χ0n) is 8.35. The SMILES string of the molecule is NC1=c2ccccc2=NC(Cl)c2sccc21. The van der Waals surface area contributed by atoms with Gasteiger partial charge in [-0.1, -0.05) is 29.8 Å². The van der Waals surface area contributed by atoms with Gasteiger partial charge in [-0.25, -0.2) is 0 Å². The summed E-state index contributed by atoms with van der Waals surface area (Å²) in [4.78, 5) is 5.50. The summed E-state index contributed by atoms with van der Waals surface area (Å²) in [5.41, 5.74) is 7.61. The first-order valence-electron chi connectivity index (χ1n) is 4.92. The van der Waals surface area contributed by atoms with Crippen molar-refractivity contribution in [2.24, 2.45) is 10.7 Å². The number of hydrogen-bond donors (Lipinski definition) is 1. The molecule has 80 valence electrons. The van der Waals surface area contributed by atoms with E-state index in [0.717, 1.165) is 26.7 Å². The van der Waals surface area contributed by atoms with Crippen molar-refractivity contribution in [2.75, 3.05) is 0 Å². The van der Waals surface area contributed by atoms with E-state index in [1.165, 1.54) is 0 Å². The number of hydrogen-bond acceptors (Lipinski definition) is 3. The Bertz CT molecular complexity index is 660. The molecule has 3 rings (SSSR count). The van der Waals surface area contributed by atoms with E-state index in [1.54, 1.807) is 11.3 Å². The average molecular weight is 249 g/mol. The topological polar surface area (TPSA) is 38.4 Å². The minimum absolute atomic E-state index is 0.336. The Morgan fingerprint density at radius 2 is 2.06 bits per heavy atom. The molecule has 16 heavy (non-hydrogen) atoms. The number of benzene rings is 1. The van der Waals surface area contributed by atoms with Gasteiger partial charge in [-0.3, -0.25) is 4.99 Å². The lowest BCUT2D eigenvalue weighted by Crippen LogP contribution is -2.29. The summed E-state index contributed by atoms with van der Waals surface area (Å²) in [7, 11) is 0. The fourth-order valence-corrected chi connectivity index (χ4v) is 3.07. The number of halogens is 1. The molecule has 0 bridgehead atoms. The second-order valence-corrected chi connectivity index (χ2v) is 4.96. The van der Waals surface area contributed by atoms with Crippen molar-refractivity contribution in [3.05, 3.63) is 56.7 Å². The molecule has 0 aliphatic carbocycles. The van der Waals surface area contributed by atoms with Crippen LogP contribution in [0.5, 0.6) is 0 Å². The lowest BCUT2D eigenvalue weighted by molar-refractivity contribution is 0.988. The van der Waals surface area contributed by atoms with Gasteiger partial charge in [-0.15, -0.1) is 11.3 Å². The van der Waals surface area contributed by atoms with Crippen molar-refractivity contribution in [1.29, 1.82) is 0 Å². The van der Waals surface area contributed by atoms with Crippen LogP contribution < -0.4 is 16.3 Å². The van der Waals surface area contributed by atoms with E-state index in [1.807, 2.05) is 35.7 Å². The smallest absolute Gasteiger partial charge is 0.159 e. The van der Waals surface area contributed by atoms with Gasteiger partial charge in [0.2, 0.25) is 0 Å². The molecule has 1 aromatic carbocycles. The van der Waals surface area contributed by atoms with E-state index in [0.29, 0.717) is 0 Å². The maximum atomic E-state index is 6.26. The average Bonchev–Trinajstić information content (AvgIpc) is 2.74. The molecule has 2 heterocycles. The molecule has 2 N–H and O–H groups in total. The molecule has 0 fully saturated rings. The third kappa shape index (κ3) is 1.36. The van der Waals surface area contributed by atoms with Gasteiger partial charge in [0, 0.05) is 16.5 Å². The number of nitrogens with zero attached hydrogens (tertiary/aromatic N) is 1. The van der Waals surface area contributed by atoms with Crippen LogP contribution in [-0.2, 0) is 0 Å². The van der Waals surface area contributed by atoms with Crippen molar-refractivity contribution < 1.29 is 0 Å². The Balaban J connectivity index is 2.49. The largest absolute Gasteiger partial charge is 0.398 e. The minimum Gasteiger partial charge on any atom is -0.398 e. The number of alkyl halides is 1. The van der Waals surface area contributed by atoms with Crippen molar-refractivity contribution in [3.63, 3.8) is 0 Å². The monoisotopic (exact) mass is 248 g/mol. The van der Waals surface area contributed by atoms with Crippen LogP contribution in [0.1, 0.15) is 15.9 Å². The van der Waals surface area contributed by atoms with Gasteiger partial charge in [0.25, 0.3) is 0 Å². The van der Waals surface area contributed by atoms with Crippen LogP contribution >= 0.6 is 22.9 Å². The number of nitrogens with two attached hydrogens (primary N) is 1. The van der Waals surface area contributed by atoms with Gasteiger partial charge in [0.05, 0.1) is 10.2 Å². The van der Waals surface area contributed by atoms with Gasteiger partial charge in [0.15, 0.2) is 5.50 Å². The predicted octanol–water partition coefficient (Wildman–Crippen LogP) is 1.73. The van der Waals surface area contributed by atoms with Crippen molar-refractivity contribution in [1.82, 2.24) is 0 Å². The molecule has 1 atom stereocenters. The second kappa shape index (κ2) is 3.61. The zero-order valence-corrected chi connectivity index (χ0v) is 9.92. The first-order chi connectivity index (χ1) is 7.77. The minimum atomic E-state index is -0.336. The Morgan fingerprint density at radius 3 is 2.94 bits per heavy atom. The van der Waals surface area contributed by atoms with Crippen LogP contribution in [0.4, 0.5) is 0 Å². The zero-order chi connectivity index (χ0) is 11.1. The van der Waals surface area contributed by atoms with E-state index in [-0.39, 0.29) is 5.50 Å². The number of thiophene rings is 1. The van der Waals surface area contributed by atoms with Crippen LogP contribution in [0, 0.1) is 0 Å². The second-order valence-electron chi connectivity index (χ2n) is 3.59. The van der Waals surface area contributed by atoms with Crippen LogP contribution in [0.15, 0.2) is 40.7 Å². The molecule has 0 saturated carbocycles. The Labute approximate surface area is 102 Å². The lowest BCUT2D eigenvalue weighted by Gasteiger charge is -2.02. The lowest BCUT2D eigenvalue weighted by atomic mass is 10.1. The molecule has 2 aromatic rings. The van der Waals surface area contributed by atoms with E-state index in [2.05, 4.69) is 4.99 Å². The van der Waals surface area contributed by atoms with Gasteiger partial charge < -0.3 is 5.73 Å². The maximum Gasteiger partial charge on any atom is 0.159 e. The Hall–Kier alpha value is -1.32. The summed E-state index contributed by atoms with van der Waals surface area (Å²) in [6, 6.07) is 9.82. The first-order valence-corrected chi connectivity index (χ1v) is 6.23. The fourth-order valence-electron chi connectivity index (χ4n) is 1.87. The van der Waals surface area contributed by atoms with E-state index >= 15 is 0 Å². The van der Waals surface area contributed by atoms with Crippen molar-refractivity contribution in [2.45, 2.75) is 5.50 Å². The van der Waals surface area contributed by atoms with Crippen molar-refractivity contribution in [3.8, 4) is 0 Å². The van der Waals surface area contributed by atoms with Gasteiger partial charge in [-0.05, 0) is 17.5 Å². The van der Waals surface area contributed by atoms with Crippen LogP contribution in [-0.4, -0.2) is 0 Å². The molecular weight excluding hydrogens is 240 g/mol. The maximum absolute atomic E-state index is 6.26. The molecular formula is C12H9ClN2S. The molecule has 1 aliphatic heterocycles. The summed E-state index contributed by atoms with van der Waals surface area (Å²) < 4.78 is 0. The molecule has 4 heteroatoms. The van der Waals surface area contributed by atoms with Crippen LogP contribution in [0.3, 0.4) is 0 Å². The molecule has 0 spiro atoms. The third-order valence-corrected chi connectivity index (χ3v) is 4.06. The number of para-hydroxylation sites is 1. The Kier molecular flexibility index (Phi) is 2.23. The molecule has 2 nitrogen and oxygen atoms in total. The first kappa shape index (κ1) is 9.87. The standard InChI is InChI=1S/C12H9ClN2S/c13-12-11-8(5-6-16-11)10(14)7-3-1-2-4-9(7)15-12/h1-6,12H,14H2. The summed E-state index contributed by atoms with van der Waals surface area (Å²) in [6.07, 6.45) is 0. The predicted molar refractivity (Wildman–Crippen MR) is 66.8 cm³/mol. The van der Waals surface area contributed by atoms with E-state index in [9.17, 15) is 0 Å². The molecule has 0 saturated heterocycles. The normalized spacial score (nSPS) is 18.3. The number of fused-ring (bicyclic) bond motifs is 2. The van der Waals surface area contributed by atoms with E-state index in [4.69, 9.17) is 17.3 Å². The van der Waals surface area contributed by atoms with Gasteiger partial charge in [0.1, 0.15) is 0 Å². The highest BCUT2D eigenvalue weighted by Crippen LogP contribution is 2.32. The highest BCUT2D eigenvalue weighted by molar-refractivity contribution is 7.10. The molecule has 1 aliphatic rings. The summed E-state index contributed by atoms with van der Waals surface area (Å²) in [5.74, 6) is 0. The van der Waals surface area contributed by atoms with Crippen molar-refractivity contribution >= 4 is 28.6 Å². The van der Waals surface area contributed by atoms with E-state index < -0.39 is 0 Å². The van der Waals surface area contributed by atoms with Crippen LogP contribution in [0.25, 0.3) is 5.70 Å². The third-order valence-electron chi connectivity index (χ3n) is 2.65. The molecule has 0 amide bonds. The highest BCUT2D eigenvalue weighted by Gasteiger charge is 2.17. The summed E-state index contributed by atoms with van der Waals surface area (Å²) >= 11 is 7.86. The molecule has 1 aromatic heterocycles. The molecule has 0 radical (unpaired) electrons. The summed E-state index contributed by atoms with van der Waals surface area (Å²) in [6.45, 7) is 0. The van der Waals surface area contributed by atoms with Gasteiger partial charge >= 0.3 is 0 Å². The number of rotatable bonds is 0. The van der Waals surface area contributed by atoms with Crippen LogP contribution in [0.2, 0.25) is 0 Å². The fraction of sp³-hybridized carbons (Fsp3) is 0.0833. The summed E-state index contributed by atoms with van der Waals surface area (Å²) in [5, 5.41) is 3.82.